The second kappa shape index (κ2) is 5.23. The van der Waals surface area contributed by atoms with Gasteiger partial charge < -0.3 is 15.4 Å². The van der Waals surface area contributed by atoms with E-state index in [1.54, 1.807) is 11.1 Å². The van der Waals surface area contributed by atoms with Crippen molar-refractivity contribution in [2.45, 2.75) is 31.8 Å². The molecule has 1 fully saturated rings. The fraction of sp³-hybridized carbons (Fsp3) is 0.500. The van der Waals surface area contributed by atoms with Crippen LogP contribution in [-0.4, -0.2) is 47.2 Å². The van der Waals surface area contributed by atoms with E-state index in [-0.39, 0.29) is 18.2 Å². The molecule has 2 N–H and O–H groups in total. The number of carbonyl (C=O) groups is 2. The minimum absolute atomic E-state index is 0.0114. The Hall–Kier alpha value is -2.31. The van der Waals surface area contributed by atoms with Crippen LogP contribution in [0.1, 0.15) is 18.9 Å². The molecule has 7 heteroatoms. The van der Waals surface area contributed by atoms with E-state index in [1.165, 1.54) is 4.90 Å². The molecule has 112 valence electrons. The SMILES string of the molecule is C[C@@H]1COC(=O)N1CC1CCc2cccnc2N1C(N)=O. The van der Waals surface area contributed by atoms with E-state index >= 15 is 0 Å². The lowest BCUT2D eigenvalue weighted by molar-refractivity contribution is 0.155. The van der Waals surface area contributed by atoms with Gasteiger partial charge in [-0.15, -0.1) is 0 Å². The molecule has 1 aromatic heterocycles. The van der Waals surface area contributed by atoms with Gasteiger partial charge in [0.25, 0.3) is 0 Å². The number of hydrogen-bond acceptors (Lipinski definition) is 4. The number of aryl methyl sites for hydroxylation is 1. The molecule has 0 aromatic carbocycles. The minimum Gasteiger partial charge on any atom is -0.447 e. The lowest BCUT2D eigenvalue weighted by Gasteiger charge is -2.37. The van der Waals surface area contributed by atoms with Gasteiger partial charge in [-0.25, -0.2) is 14.6 Å². The molecule has 3 amide bonds. The molecular formula is C14H18N4O3. The van der Waals surface area contributed by atoms with Crippen LogP contribution in [0.25, 0.3) is 0 Å². The zero-order valence-corrected chi connectivity index (χ0v) is 11.9. The Morgan fingerprint density at radius 1 is 1.57 bits per heavy atom. The molecule has 2 aliphatic rings. The Bertz CT molecular complexity index is 577. The van der Waals surface area contributed by atoms with Gasteiger partial charge in [0.15, 0.2) is 0 Å². The van der Waals surface area contributed by atoms with E-state index in [0.29, 0.717) is 19.0 Å². The molecule has 0 bridgehead atoms. The number of carbonyl (C=O) groups excluding carboxylic acids is 2. The molecule has 7 nitrogen and oxygen atoms in total. The first kappa shape index (κ1) is 13.7. The first-order valence-electron chi connectivity index (χ1n) is 7.04. The van der Waals surface area contributed by atoms with Crippen LogP contribution in [0.2, 0.25) is 0 Å². The average molecular weight is 290 g/mol. The van der Waals surface area contributed by atoms with Gasteiger partial charge in [0.1, 0.15) is 12.4 Å². The van der Waals surface area contributed by atoms with Crippen molar-refractivity contribution in [1.29, 1.82) is 0 Å². The van der Waals surface area contributed by atoms with E-state index in [1.807, 2.05) is 19.1 Å². The maximum atomic E-state index is 11.8. The molecular weight excluding hydrogens is 272 g/mol. The van der Waals surface area contributed by atoms with Crippen molar-refractivity contribution >= 4 is 17.9 Å². The Labute approximate surface area is 122 Å². The molecule has 2 atom stereocenters. The van der Waals surface area contributed by atoms with E-state index in [4.69, 9.17) is 10.5 Å². The first-order chi connectivity index (χ1) is 10.1. The normalized spacial score (nSPS) is 24.7. The maximum Gasteiger partial charge on any atom is 0.410 e. The van der Waals surface area contributed by atoms with Crippen LogP contribution >= 0.6 is 0 Å². The van der Waals surface area contributed by atoms with Crippen LogP contribution in [0.15, 0.2) is 18.3 Å². The summed E-state index contributed by atoms with van der Waals surface area (Å²) in [6, 6.07) is 3.09. The number of primary amides is 1. The minimum atomic E-state index is -0.542. The highest BCUT2D eigenvalue weighted by Crippen LogP contribution is 2.29. The Morgan fingerprint density at radius 3 is 3.05 bits per heavy atom. The lowest BCUT2D eigenvalue weighted by atomic mass is 9.98. The van der Waals surface area contributed by atoms with Gasteiger partial charge in [-0.05, 0) is 31.4 Å². The van der Waals surface area contributed by atoms with Gasteiger partial charge >= 0.3 is 12.1 Å². The van der Waals surface area contributed by atoms with Crippen LogP contribution < -0.4 is 10.6 Å². The predicted octanol–water partition coefficient (Wildman–Crippen LogP) is 1.12. The quantitative estimate of drug-likeness (QED) is 0.884. The zero-order chi connectivity index (χ0) is 15.0. The number of amides is 3. The third-order valence-electron chi connectivity index (χ3n) is 4.07. The number of rotatable bonds is 2. The van der Waals surface area contributed by atoms with Gasteiger partial charge in [-0.1, -0.05) is 6.07 Å². The van der Waals surface area contributed by atoms with E-state index < -0.39 is 6.03 Å². The van der Waals surface area contributed by atoms with Crippen molar-refractivity contribution < 1.29 is 14.3 Å². The fourth-order valence-corrected chi connectivity index (χ4v) is 2.95. The third kappa shape index (κ3) is 2.39. The molecule has 1 saturated heterocycles. The number of ether oxygens (including phenoxy) is 1. The number of hydrogen-bond donors (Lipinski definition) is 1. The molecule has 0 spiro atoms. The highest BCUT2D eigenvalue weighted by Gasteiger charge is 2.37. The number of urea groups is 1. The van der Waals surface area contributed by atoms with Crippen molar-refractivity contribution in [3.63, 3.8) is 0 Å². The standard InChI is InChI=1S/C14H18N4O3/c1-9-8-21-14(20)17(9)7-11-5-4-10-3-2-6-16-12(10)18(11)13(15)19/h2-3,6,9,11H,4-5,7-8H2,1H3,(H2,15,19)/t9-,11?/m1/s1. The van der Waals surface area contributed by atoms with Crippen LogP contribution in [-0.2, 0) is 11.2 Å². The molecule has 0 aliphatic carbocycles. The molecule has 21 heavy (non-hydrogen) atoms. The molecule has 3 heterocycles. The number of pyridine rings is 1. The Kier molecular flexibility index (Phi) is 3.40. The number of nitrogens with zero attached hydrogens (tertiary/aromatic N) is 3. The van der Waals surface area contributed by atoms with Crippen LogP contribution in [0.5, 0.6) is 0 Å². The van der Waals surface area contributed by atoms with Gasteiger partial charge in [-0.2, -0.15) is 0 Å². The summed E-state index contributed by atoms with van der Waals surface area (Å²) in [5.74, 6) is 0.599. The van der Waals surface area contributed by atoms with Crippen molar-refractivity contribution in [3.05, 3.63) is 23.9 Å². The van der Waals surface area contributed by atoms with Crippen molar-refractivity contribution in [1.82, 2.24) is 9.88 Å². The predicted molar refractivity (Wildman–Crippen MR) is 75.9 cm³/mol. The number of nitrogens with two attached hydrogens (primary N) is 1. The Morgan fingerprint density at radius 2 is 2.38 bits per heavy atom. The highest BCUT2D eigenvalue weighted by molar-refractivity contribution is 5.91. The smallest absolute Gasteiger partial charge is 0.410 e. The average Bonchev–Trinajstić information content (AvgIpc) is 2.78. The van der Waals surface area contributed by atoms with Gasteiger partial charge in [-0.3, -0.25) is 4.90 Å². The molecule has 1 aromatic rings. The summed E-state index contributed by atoms with van der Waals surface area (Å²) in [6.45, 7) is 2.73. The monoisotopic (exact) mass is 290 g/mol. The number of cyclic esters (lactones) is 1. The van der Waals surface area contributed by atoms with Gasteiger partial charge in [0, 0.05) is 12.7 Å². The summed E-state index contributed by atoms with van der Waals surface area (Å²) < 4.78 is 5.02. The molecule has 2 aliphatic heterocycles. The van der Waals surface area contributed by atoms with Crippen molar-refractivity contribution in [2.24, 2.45) is 5.73 Å². The second-order valence-corrected chi connectivity index (χ2v) is 5.47. The van der Waals surface area contributed by atoms with E-state index in [0.717, 1.165) is 18.4 Å². The summed E-state index contributed by atoms with van der Waals surface area (Å²) in [5, 5.41) is 0. The lowest BCUT2D eigenvalue weighted by Crippen LogP contribution is -2.53. The summed E-state index contributed by atoms with van der Waals surface area (Å²) >= 11 is 0. The van der Waals surface area contributed by atoms with Gasteiger partial charge in [0.2, 0.25) is 0 Å². The third-order valence-corrected chi connectivity index (χ3v) is 4.07. The zero-order valence-electron chi connectivity index (χ0n) is 11.9. The summed E-state index contributed by atoms with van der Waals surface area (Å²) in [5.41, 5.74) is 6.53. The summed E-state index contributed by atoms with van der Waals surface area (Å²) in [7, 11) is 0. The first-order valence-corrected chi connectivity index (χ1v) is 7.04. The fourth-order valence-electron chi connectivity index (χ4n) is 2.95. The highest BCUT2D eigenvalue weighted by atomic mass is 16.6. The van der Waals surface area contributed by atoms with Crippen LogP contribution in [0.3, 0.4) is 0 Å². The number of aromatic nitrogens is 1. The van der Waals surface area contributed by atoms with Crippen molar-refractivity contribution in [3.8, 4) is 0 Å². The van der Waals surface area contributed by atoms with Gasteiger partial charge in [0.05, 0.1) is 12.1 Å². The maximum absolute atomic E-state index is 11.8. The number of anilines is 1. The van der Waals surface area contributed by atoms with Crippen molar-refractivity contribution in [2.75, 3.05) is 18.1 Å². The van der Waals surface area contributed by atoms with Crippen LogP contribution in [0, 0.1) is 0 Å². The molecule has 3 rings (SSSR count). The molecule has 0 radical (unpaired) electrons. The number of fused-ring (bicyclic) bond motifs is 1. The second-order valence-electron chi connectivity index (χ2n) is 5.47. The molecule has 0 saturated carbocycles. The largest absolute Gasteiger partial charge is 0.447 e. The summed E-state index contributed by atoms with van der Waals surface area (Å²) in [6.07, 6.45) is 2.87. The summed E-state index contributed by atoms with van der Waals surface area (Å²) in [4.78, 5) is 31.0. The van der Waals surface area contributed by atoms with E-state index in [2.05, 4.69) is 4.98 Å². The molecule has 1 unspecified atom stereocenters. The van der Waals surface area contributed by atoms with Crippen LogP contribution in [0.4, 0.5) is 15.4 Å². The van der Waals surface area contributed by atoms with E-state index in [9.17, 15) is 9.59 Å². The topological polar surface area (TPSA) is 88.8 Å². The Balaban J connectivity index is 1.86.